The highest BCUT2D eigenvalue weighted by Gasteiger charge is 2.40. The third-order valence-corrected chi connectivity index (χ3v) is 5.19. The van der Waals surface area contributed by atoms with E-state index in [1.54, 1.807) is 18.9 Å². The second-order valence-electron chi connectivity index (χ2n) is 7.32. The molecule has 0 aliphatic carbocycles. The number of rotatable bonds is 6. The largest absolute Gasteiger partial charge is 0.478 e. The van der Waals surface area contributed by atoms with Gasteiger partial charge in [-0.15, -0.1) is 12.4 Å². The van der Waals surface area contributed by atoms with Gasteiger partial charge in [0.2, 0.25) is 0 Å². The molecule has 1 aromatic carbocycles. The Bertz CT molecular complexity index is 893. The molecule has 1 aromatic rings. The van der Waals surface area contributed by atoms with Gasteiger partial charge in [0.05, 0.1) is 29.7 Å². The van der Waals surface area contributed by atoms with Crippen molar-refractivity contribution >= 4 is 24.3 Å². The van der Waals surface area contributed by atoms with Crippen LogP contribution in [-0.4, -0.2) is 61.6 Å². The van der Waals surface area contributed by atoms with E-state index in [0.29, 0.717) is 24.4 Å². The van der Waals surface area contributed by atoms with Crippen molar-refractivity contribution in [3.8, 4) is 0 Å². The van der Waals surface area contributed by atoms with E-state index < -0.39 is 29.6 Å². The molecule has 2 rings (SSSR count). The van der Waals surface area contributed by atoms with Crippen molar-refractivity contribution in [2.75, 3.05) is 34.8 Å². The molecule has 31 heavy (non-hydrogen) atoms. The van der Waals surface area contributed by atoms with Crippen LogP contribution >= 0.6 is 12.4 Å². The number of aliphatic carboxylic acids is 1. The second-order valence-corrected chi connectivity index (χ2v) is 7.32. The predicted molar refractivity (Wildman–Crippen MR) is 112 cm³/mol. The maximum atomic E-state index is 13.0. The van der Waals surface area contributed by atoms with Gasteiger partial charge in [0.1, 0.15) is 0 Å². The third kappa shape index (κ3) is 5.59. The normalized spacial score (nSPS) is 17.1. The Morgan fingerprint density at radius 2 is 1.71 bits per heavy atom. The molecular weight excluding hydrogens is 437 g/mol. The summed E-state index contributed by atoms with van der Waals surface area (Å²) in [6.45, 7) is 2.19. The van der Waals surface area contributed by atoms with Crippen LogP contribution < -0.4 is 0 Å². The minimum atomic E-state index is -4.52. The molecule has 1 N–H and O–H groups in total. The van der Waals surface area contributed by atoms with Crippen LogP contribution in [0.3, 0.4) is 0 Å². The lowest BCUT2D eigenvalue weighted by molar-refractivity contribution is -0.138. The lowest BCUT2D eigenvalue weighted by Gasteiger charge is -2.37. The summed E-state index contributed by atoms with van der Waals surface area (Å²) in [5.41, 5.74) is 0.441. The van der Waals surface area contributed by atoms with Gasteiger partial charge in [-0.1, -0.05) is 12.1 Å². The van der Waals surface area contributed by atoms with Crippen molar-refractivity contribution in [2.45, 2.75) is 25.4 Å². The molecule has 1 atom stereocenters. The number of carboxylic acid groups (broad SMARTS) is 1. The zero-order chi connectivity index (χ0) is 22.8. The minimum Gasteiger partial charge on any atom is -0.478 e. The van der Waals surface area contributed by atoms with E-state index >= 15 is 0 Å². The Morgan fingerprint density at radius 1 is 1.16 bits per heavy atom. The average Bonchev–Trinajstić information content (AvgIpc) is 2.66. The van der Waals surface area contributed by atoms with Crippen LogP contribution in [0.2, 0.25) is 0 Å². The van der Waals surface area contributed by atoms with Gasteiger partial charge < -0.3 is 19.6 Å². The topological polar surface area (TPSA) is 70.1 Å². The average molecular weight is 463 g/mol. The summed E-state index contributed by atoms with van der Waals surface area (Å²) in [6.07, 6.45) is -4.10. The maximum absolute atomic E-state index is 13.0. The Labute approximate surface area is 185 Å². The van der Waals surface area contributed by atoms with Crippen molar-refractivity contribution in [1.82, 2.24) is 9.80 Å². The van der Waals surface area contributed by atoms with Gasteiger partial charge in [-0.05, 0) is 38.7 Å². The fraction of sp³-hybridized carbons (Fsp3) is 0.429. The van der Waals surface area contributed by atoms with E-state index in [4.69, 9.17) is 4.74 Å². The Hall–Kier alpha value is -2.52. The fourth-order valence-electron chi connectivity index (χ4n) is 3.54. The van der Waals surface area contributed by atoms with Gasteiger partial charge in [0.25, 0.3) is 0 Å². The van der Waals surface area contributed by atoms with Gasteiger partial charge in [-0.2, -0.15) is 13.2 Å². The molecule has 0 saturated carbocycles. The van der Waals surface area contributed by atoms with E-state index in [9.17, 15) is 27.9 Å². The van der Waals surface area contributed by atoms with Crippen molar-refractivity contribution in [3.05, 3.63) is 57.9 Å². The molecule has 0 bridgehead atoms. The summed E-state index contributed by atoms with van der Waals surface area (Å²) < 4.78 is 43.9. The van der Waals surface area contributed by atoms with Crippen molar-refractivity contribution < 1.29 is 32.6 Å². The fourth-order valence-corrected chi connectivity index (χ4v) is 3.54. The number of carbonyl (C=O) groups is 2. The summed E-state index contributed by atoms with van der Waals surface area (Å²) in [7, 11) is 6.57. The standard InChI is InChI=1S/C21H25F3N2O4.ClH/c1-12-16(19(27)28)17(13-6-8-14(9-7-13)21(22,23)24)18(20(29)30-5)15(26(12)4)10-11-25(2)3;/h6-9,17H,10-11H2,1-5H3,(H,27,28);1H. The SMILES string of the molecule is COC(=O)C1=C(CCN(C)C)N(C)C(C)=C(C(=O)O)C1c1ccc(C(F)(F)F)cc1.Cl. The minimum absolute atomic E-state index is 0. The van der Waals surface area contributed by atoms with E-state index in [2.05, 4.69) is 0 Å². The van der Waals surface area contributed by atoms with Crippen LogP contribution in [0.15, 0.2) is 46.8 Å². The lowest BCUT2D eigenvalue weighted by atomic mass is 9.79. The second kappa shape index (κ2) is 10.2. The number of hydrogen-bond acceptors (Lipinski definition) is 5. The first kappa shape index (κ1) is 26.5. The zero-order valence-corrected chi connectivity index (χ0v) is 18.7. The van der Waals surface area contributed by atoms with Crippen LogP contribution in [0, 0.1) is 0 Å². The summed E-state index contributed by atoms with van der Waals surface area (Å²) >= 11 is 0. The van der Waals surface area contributed by atoms with Crippen LogP contribution in [-0.2, 0) is 20.5 Å². The van der Waals surface area contributed by atoms with Crippen molar-refractivity contribution in [3.63, 3.8) is 0 Å². The first-order chi connectivity index (χ1) is 13.9. The number of alkyl halides is 3. The number of hydrogen-bond donors (Lipinski definition) is 1. The number of benzene rings is 1. The quantitative estimate of drug-likeness (QED) is 0.647. The summed E-state index contributed by atoms with van der Waals surface area (Å²) in [6, 6.07) is 4.19. The number of methoxy groups -OCH3 is 1. The number of ether oxygens (including phenoxy) is 1. The van der Waals surface area contributed by atoms with Crippen LogP contribution in [0.1, 0.15) is 30.4 Å². The monoisotopic (exact) mass is 462 g/mol. The molecule has 0 saturated heterocycles. The molecule has 0 fully saturated rings. The molecule has 10 heteroatoms. The van der Waals surface area contributed by atoms with E-state index in [0.717, 1.165) is 12.1 Å². The van der Waals surface area contributed by atoms with Crippen LogP contribution in [0.5, 0.6) is 0 Å². The van der Waals surface area contributed by atoms with Gasteiger partial charge in [-0.3, -0.25) is 0 Å². The van der Waals surface area contributed by atoms with E-state index in [-0.39, 0.29) is 29.1 Å². The number of carbonyl (C=O) groups excluding carboxylic acids is 1. The molecule has 1 aliphatic rings. The highest BCUT2D eigenvalue weighted by molar-refractivity contribution is 5.99. The van der Waals surface area contributed by atoms with Gasteiger partial charge >= 0.3 is 18.1 Å². The molecular formula is C21H26ClF3N2O4. The molecule has 0 spiro atoms. The predicted octanol–water partition coefficient (Wildman–Crippen LogP) is 3.89. The van der Waals surface area contributed by atoms with E-state index in [1.807, 2.05) is 19.0 Å². The first-order valence-corrected chi connectivity index (χ1v) is 9.21. The highest BCUT2D eigenvalue weighted by Crippen LogP contribution is 2.43. The maximum Gasteiger partial charge on any atom is 0.416 e. The zero-order valence-electron chi connectivity index (χ0n) is 17.9. The Balaban J connectivity index is 0.00000480. The highest BCUT2D eigenvalue weighted by atomic mass is 35.5. The summed E-state index contributed by atoms with van der Waals surface area (Å²) in [5.74, 6) is -3.02. The molecule has 0 aromatic heterocycles. The van der Waals surface area contributed by atoms with E-state index in [1.165, 1.54) is 19.2 Å². The van der Waals surface area contributed by atoms with Gasteiger partial charge in [-0.25, -0.2) is 9.59 Å². The molecule has 0 radical (unpaired) electrons. The Morgan fingerprint density at radius 3 is 2.13 bits per heavy atom. The van der Waals surface area contributed by atoms with Gasteiger partial charge in [0, 0.05) is 31.4 Å². The molecule has 172 valence electrons. The van der Waals surface area contributed by atoms with Gasteiger partial charge in [0.15, 0.2) is 0 Å². The third-order valence-electron chi connectivity index (χ3n) is 5.19. The molecule has 0 amide bonds. The first-order valence-electron chi connectivity index (χ1n) is 9.21. The molecule has 1 aliphatic heterocycles. The summed E-state index contributed by atoms with van der Waals surface area (Å²) in [5, 5.41) is 9.87. The number of esters is 1. The smallest absolute Gasteiger partial charge is 0.416 e. The lowest BCUT2D eigenvalue weighted by Crippen LogP contribution is -2.34. The molecule has 1 heterocycles. The summed E-state index contributed by atoms with van der Waals surface area (Å²) in [4.78, 5) is 28.4. The molecule has 1 unspecified atom stereocenters. The number of halogens is 4. The Kier molecular flexibility index (Phi) is 8.72. The van der Waals surface area contributed by atoms with Crippen LogP contribution in [0.25, 0.3) is 0 Å². The number of allylic oxidation sites excluding steroid dienone is 1. The number of carboxylic acids is 1. The van der Waals surface area contributed by atoms with Crippen molar-refractivity contribution in [1.29, 1.82) is 0 Å². The van der Waals surface area contributed by atoms with Crippen LogP contribution in [0.4, 0.5) is 13.2 Å². The molecule has 6 nitrogen and oxygen atoms in total. The number of nitrogens with zero attached hydrogens (tertiary/aromatic N) is 2. The van der Waals surface area contributed by atoms with Crippen molar-refractivity contribution in [2.24, 2.45) is 0 Å².